The summed E-state index contributed by atoms with van der Waals surface area (Å²) >= 11 is 0. The Kier molecular flexibility index (Phi) is 7.93. The van der Waals surface area contributed by atoms with Crippen LogP contribution < -0.4 is 20.1 Å². The Hall–Kier alpha value is -3.11. The van der Waals surface area contributed by atoms with E-state index in [2.05, 4.69) is 10.6 Å². The van der Waals surface area contributed by atoms with Crippen molar-refractivity contribution in [2.45, 2.75) is 25.2 Å². The topological polar surface area (TPSA) is 114 Å². The highest BCUT2D eigenvalue weighted by molar-refractivity contribution is 7.89. The number of amides is 2. The minimum atomic E-state index is -3.97. The molecule has 2 N–H and O–H groups in total. The Morgan fingerprint density at radius 2 is 1.79 bits per heavy atom. The second kappa shape index (κ2) is 10.7. The van der Waals surface area contributed by atoms with Gasteiger partial charge in [-0.25, -0.2) is 8.42 Å². The molecule has 1 aliphatic rings. The van der Waals surface area contributed by atoms with Crippen LogP contribution in [0.15, 0.2) is 47.4 Å². The molecule has 33 heavy (non-hydrogen) atoms. The van der Waals surface area contributed by atoms with Gasteiger partial charge in [-0.2, -0.15) is 4.31 Å². The number of fused-ring (bicyclic) bond motifs is 1. The van der Waals surface area contributed by atoms with Crippen LogP contribution >= 0.6 is 0 Å². The average molecular weight is 476 g/mol. The number of nitrogens with zero attached hydrogens (tertiary/aromatic N) is 1. The molecule has 178 valence electrons. The highest BCUT2D eigenvalue weighted by Crippen LogP contribution is 2.33. The first-order valence-electron chi connectivity index (χ1n) is 10.7. The summed E-state index contributed by atoms with van der Waals surface area (Å²) in [5.41, 5.74) is 0.789. The van der Waals surface area contributed by atoms with Gasteiger partial charge in [0.1, 0.15) is 13.2 Å². The molecular formula is C23H29N3O6S. The zero-order valence-electron chi connectivity index (χ0n) is 19.0. The summed E-state index contributed by atoms with van der Waals surface area (Å²) in [6.45, 7) is 4.53. The summed E-state index contributed by atoms with van der Waals surface area (Å²) in [6.07, 6.45) is 0.587. The third-order valence-electron chi connectivity index (χ3n) is 5.06. The van der Waals surface area contributed by atoms with E-state index in [9.17, 15) is 18.0 Å². The highest BCUT2D eigenvalue weighted by atomic mass is 32.2. The van der Waals surface area contributed by atoms with Crippen molar-refractivity contribution in [1.82, 2.24) is 9.62 Å². The van der Waals surface area contributed by atoms with Gasteiger partial charge in [0, 0.05) is 30.9 Å². The number of hydrogen-bond acceptors (Lipinski definition) is 6. The molecule has 0 atom stereocenters. The Labute approximate surface area is 194 Å². The maximum atomic E-state index is 13.4. The lowest BCUT2D eigenvalue weighted by molar-refractivity contribution is -0.116. The van der Waals surface area contributed by atoms with Crippen molar-refractivity contribution in [3.8, 4) is 11.5 Å². The summed E-state index contributed by atoms with van der Waals surface area (Å²) in [6, 6.07) is 10.9. The molecule has 0 aromatic heterocycles. The fourth-order valence-electron chi connectivity index (χ4n) is 3.26. The van der Waals surface area contributed by atoms with E-state index in [0.29, 0.717) is 42.4 Å². The van der Waals surface area contributed by atoms with E-state index in [1.54, 1.807) is 24.3 Å². The van der Waals surface area contributed by atoms with E-state index in [-0.39, 0.29) is 29.8 Å². The van der Waals surface area contributed by atoms with Gasteiger partial charge >= 0.3 is 0 Å². The molecule has 0 radical (unpaired) electrons. The molecule has 2 amide bonds. The number of benzene rings is 2. The van der Waals surface area contributed by atoms with E-state index in [4.69, 9.17) is 9.47 Å². The number of anilines is 1. The number of ether oxygens (including phenoxy) is 2. The van der Waals surface area contributed by atoms with Gasteiger partial charge in [-0.1, -0.05) is 19.9 Å². The number of hydrogen-bond donors (Lipinski definition) is 2. The molecule has 9 nitrogen and oxygen atoms in total. The van der Waals surface area contributed by atoms with Gasteiger partial charge in [0.2, 0.25) is 15.9 Å². The molecule has 0 saturated heterocycles. The Balaban J connectivity index is 1.80. The summed E-state index contributed by atoms with van der Waals surface area (Å²) < 4.78 is 38.9. The fraction of sp³-hybridized carbons (Fsp3) is 0.391. The van der Waals surface area contributed by atoms with Crippen LogP contribution in [-0.4, -0.2) is 57.9 Å². The monoisotopic (exact) mass is 475 g/mol. The van der Waals surface area contributed by atoms with Crippen molar-refractivity contribution in [3.63, 3.8) is 0 Å². The van der Waals surface area contributed by atoms with Crippen LogP contribution in [0.5, 0.6) is 11.5 Å². The zero-order chi connectivity index (χ0) is 24.0. The SMILES string of the molecule is CNC(=O)c1cccc(NC(=O)CN(CCC(C)C)S(=O)(=O)c2ccc3c(c2)OCCO3)c1. The zero-order valence-corrected chi connectivity index (χ0v) is 19.8. The van der Waals surface area contributed by atoms with Crippen LogP contribution in [0.1, 0.15) is 30.6 Å². The minimum Gasteiger partial charge on any atom is -0.486 e. The number of carbonyl (C=O) groups is 2. The molecule has 1 heterocycles. The molecule has 10 heteroatoms. The Morgan fingerprint density at radius 3 is 2.48 bits per heavy atom. The van der Waals surface area contributed by atoms with Gasteiger partial charge in [-0.15, -0.1) is 0 Å². The fourth-order valence-corrected chi connectivity index (χ4v) is 4.69. The van der Waals surface area contributed by atoms with Crippen molar-refractivity contribution in [3.05, 3.63) is 48.0 Å². The molecule has 2 aromatic rings. The largest absolute Gasteiger partial charge is 0.486 e. The number of nitrogens with one attached hydrogen (secondary N) is 2. The predicted octanol–water partition coefficient (Wildman–Crippen LogP) is 2.49. The first-order chi connectivity index (χ1) is 15.7. The third-order valence-corrected chi connectivity index (χ3v) is 6.90. The van der Waals surface area contributed by atoms with Gasteiger partial charge in [0.25, 0.3) is 5.91 Å². The smallest absolute Gasteiger partial charge is 0.251 e. The van der Waals surface area contributed by atoms with Crippen molar-refractivity contribution in [1.29, 1.82) is 0 Å². The summed E-state index contributed by atoms with van der Waals surface area (Å²) in [5.74, 6) is 0.305. The molecule has 0 saturated carbocycles. The lowest BCUT2D eigenvalue weighted by atomic mass is 10.1. The van der Waals surface area contributed by atoms with E-state index in [0.717, 1.165) is 4.31 Å². The van der Waals surface area contributed by atoms with E-state index in [1.165, 1.54) is 25.2 Å². The van der Waals surface area contributed by atoms with Crippen molar-refractivity contribution in [2.24, 2.45) is 5.92 Å². The highest BCUT2D eigenvalue weighted by Gasteiger charge is 2.28. The molecule has 0 unspecified atom stereocenters. The van der Waals surface area contributed by atoms with Crippen LogP contribution in [-0.2, 0) is 14.8 Å². The van der Waals surface area contributed by atoms with E-state index >= 15 is 0 Å². The molecule has 3 rings (SSSR count). The Morgan fingerprint density at radius 1 is 1.06 bits per heavy atom. The van der Waals surface area contributed by atoms with Crippen molar-refractivity contribution < 1.29 is 27.5 Å². The molecular weight excluding hydrogens is 446 g/mol. The second-order valence-corrected chi connectivity index (χ2v) is 9.97. The van der Waals surface area contributed by atoms with Crippen LogP contribution in [0.4, 0.5) is 5.69 Å². The van der Waals surface area contributed by atoms with Crippen molar-refractivity contribution >= 4 is 27.5 Å². The summed E-state index contributed by atoms with van der Waals surface area (Å²) in [7, 11) is -2.45. The van der Waals surface area contributed by atoms with Crippen LogP contribution in [0.2, 0.25) is 0 Å². The number of sulfonamides is 1. The Bertz CT molecular complexity index is 1120. The van der Waals surface area contributed by atoms with Gasteiger partial charge < -0.3 is 20.1 Å². The molecule has 2 aromatic carbocycles. The predicted molar refractivity (Wildman–Crippen MR) is 124 cm³/mol. The van der Waals surface area contributed by atoms with Gasteiger partial charge in [0.05, 0.1) is 11.4 Å². The van der Waals surface area contributed by atoms with Gasteiger partial charge in [0.15, 0.2) is 11.5 Å². The average Bonchev–Trinajstić information content (AvgIpc) is 2.80. The van der Waals surface area contributed by atoms with E-state index in [1.807, 2.05) is 13.8 Å². The normalized spacial score (nSPS) is 13.1. The van der Waals surface area contributed by atoms with E-state index < -0.39 is 15.9 Å². The molecule has 0 bridgehead atoms. The van der Waals surface area contributed by atoms with Gasteiger partial charge in [-0.05, 0) is 42.7 Å². The number of rotatable bonds is 9. The molecule has 0 aliphatic carbocycles. The number of carbonyl (C=O) groups excluding carboxylic acids is 2. The lowest BCUT2D eigenvalue weighted by Crippen LogP contribution is -2.39. The van der Waals surface area contributed by atoms with Gasteiger partial charge in [-0.3, -0.25) is 9.59 Å². The standard InChI is InChI=1S/C23H29N3O6S/c1-16(2)9-10-26(15-22(27)25-18-6-4-5-17(13-18)23(28)24-3)33(29,30)19-7-8-20-21(14-19)32-12-11-31-20/h4-8,13-14,16H,9-12,15H2,1-3H3,(H,24,28)(H,25,27). The van der Waals surface area contributed by atoms with Crippen molar-refractivity contribution in [2.75, 3.05) is 38.7 Å². The van der Waals surface area contributed by atoms with Crippen LogP contribution in [0.3, 0.4) is 0 Å². The molecule has 1 aliphatic heterocycles. The lowest BCUT2D eigenvalue weighted by Gasteiger charge is -2.24. The first kappa shape index (κ1) is 24.5. The van der Waals surface area contributed by atoms with Crippen LogP contribution in [0, 0.1) is 5.92 Å². The maximum Gasteiger partial charge on any atom is 0.251 e. The summed E-state index contributed by atoms with van der Waals surface area (Å²) in [5, 5.41) is 5.21. The first-order valence-corrected chi connectivity index (χ1v) is 12.2. The second-order valence-electron chi connectivity index (χ2n) is 8.03. The van der Waals surface area contributed by atoms with Crippen LogP contribution in [0.25, 0.3) is 0 Å². The molecule has 0 spiro atoms. The summed E-state index contributed by atoms with van der Waals surface area (Å²) in [4.78, 5) is 24.6. The minimum absolute atomic E-state index is 0.0323. The third kappa shape index (κ3) is 6.23. The maximum absolute atomic E-state index is 13.4. The molecule has 0 fully saturated rings. The quantitative estimate of drug-likeness (QED) is 0.576.